The van der Waals surface area contributed by atoms with Crippen molar-refractivity contribution in [1.29, 1.82) is 0 Å². The number of nitrogens with one attached hydrogen (secondary N) is 1. The fourth-order valence-corrected chi connectivity index (χ4v) is 4.15. The second kappa shape index (κ2) is 9.18. The van der Waals surface area contributed by atoms with Gasteiger partial charge in [-0.15, -0.1) is 11.3 Å². The van der Waals surface area contributed by atoms with E-state index in [-0.39, 0.29) is 18.4 Å². The topological polar surface area (TPSA) is 52.7 Å². The summed E-state index contributed by atoms with van der Waals surface area (Å²) in [6.45, 7) is 8.75. The van der Waals surface area contributed by atoms with Crippen molar-refractivity contribution >= 4 is 23.2 Å². The van der Waals surface area contributed by atoms with Crippen molar-refractivity contribution < 1.29 is 9.59 Å². The zero-order valence-electron chi connectivity index (χ0n) is 15.0. The Morgan fingerprint density at radius 2 is 2.04 bits per heavy atom. The summed E-state index contributed by atoms with van der Waals surface area (Å²) < 4.78 is 0. The van der Waals surface area contributed by atoms with Gasteiger partial charge in [-0.3, -0.25) is 9.59 Å². The summed E-state index contributed by atoms with van der Waals surface area (Å²) in [4.78, 5) is 28.7. The summed E-state index contributed by atoms with van der Waals surface area (Å²) in [5.74, 6) is 1.33. The van der Waals surface area contributed by atoms with Crippen molar-refractivity contribution in [1.82, 2.24) is 15.1 Å². The molecule has 1 fully saturated rings. The van der Waals surface area contributed by atoms with Crippen LogP contribution in [0.2, 0.25) is 0 Å². The van der Waals surface area contributed by atoms with Gasteiger partial charge in [0.2, 0.25) is 5.91 Å². The second-order valence-corrected chi connectivity index (χ2v) is 8.00. The molecule has 0 unspecified atom stereocenters. The van der Waals surface area contributed by atoms with Gasteiger partial charge >= 0.3 is 0 Å². The van der Waals surface area contributed by atoms with Gasteiger partial charge in [-0.25, -0.2) is 0 Å². The van der Waals surface area contributed by atoms with Crippen LogP contribution in [0.25, 0.3) is 0 Å². The molecule has 1 aromatic rings. The molecule has 2 rings (SSSR count). The third-order valence-corrected chi connectivity index (χ3v) is 5.24. The van der Waals surface area contributed by atoms with Crippen molar-refractivity contribution in [3.8, 4) is 0 Å². The van der Waals surface area contributed by atoms with Crippen LogP contribution in [0, 0.1) is 11.8 Å². The molecule has 2 heterocycles. The highest BCUT2D eigenvalue weighted by Crippen LogP contribution is 2.20. The smallest absolute Gasteiger partial charge is 0.264 e. The SMILES string of the molecule is C[C@@H]1C[C@H](C)CN(CCCNC(=O)CN(C)C(=O)c2cccs2)C1. The minimum absolute atomic E-state index is 0.0946. The number of hydrogen-bond donors (Lipinski definition) is 1. The Morgan fingerprint density at radius 3 is 2.67 bits per heavy atom. The van der Waals surface area contributed by atoms with Gasteiger partial charge in [0.1, 0.15) is 0 Å². The first kappa shape index (κ1) is 18.9. The number of carbonyl (C=O) groups is 2. The normalized spacial score (nSPS) is 21.5. The largest absolute Gasteiger partial charge is 0.355 e. The lowest BCUT2D eigenvalue weighted by molar-refractivity contribution is -0.121. The summed E-state index contributed by atoms with van der Waals surface area (Å²) in [6.07, 6.45) is 2.27. The molecule has 1 aliphatic heterocycles. The molecule has 2 amide bonds. The highest BCUT2D eigenvalue weighted by molar-refractivity contribution is 7.12. The van der Waals surface area contributed by atoms with Gasteiger partial charge in [-0.05, 0) is 42.7 Å². The Labute approximate surface area is 149 Å². The van der Waals surface area contributed by atoms with E-state index < -0.39 is 0 Å². The standard InChI is InChI=1S/C18H29N3O2S/c1-14-10-15(2)12-21(11-14)8-5-7-19-17(22)13-20(3)18(23)16-6-4-9-24-16/h4,6,9,14-15H,5,7-8,10-13H2,1-3H3,(H,19,22)/t14-,15+. The number of thiophene rings is 1. The maximum absolute atomic E-state index is 12.1. The first-order chi connectivity index (χ1) is 11.5. The van der Waals surface area contributed by atoms with E-state index in [0.717, 1.165) is 37.9 Å². The molecule has 0 spiro atoms. The molecule has 0 bridgehead atoms. The van der Waals surface area contributed by atoms with Gasteiger partial charge in [-0.1, -0.05) is 19.9 Å². The molecular weight excluding hydrogens is 322 g/mol. The average Bonchev–Trinajstić information content (AvgIpc) is 3.04. The van der Waals surface area contributed by atoms with E-state index in [0.29, 0.717) is 11.4 Å². The third kappa shape index (κ3) is 5.91. The van der Waals surface area contributed by atoms with Crippen LogP contribution in [-0.4, -0.2) is 61.4 Å². The van der Waals surface area contributed by atoms with E-state index in [9.17, 15) is 9.59 Å². The predicted octanol–water partition coefficient (Wildman–Crippen LogP) is 2.30. The first-order valence-corrected chi connectivity index (χ1v) is 9.61. The summed E-state index contributed by atoms with van der Waals surface area (Å²) >= 11 is 1.40. The molecule has 0 aliphatic carbocycles. The summed E-state index contributed by atoms with van der Waals surface area (Å²) in [7, 11) is 1.66. The van der Waals surface area contributed by atoms with Crippen molar-refractivity contribution in [3.63, 3.8) is 0 Å². The van der Waals surface area contributed by atoms with E-state index in [1.807, 2.05) is 11.4 Å². The van der Waals surface area contributed by atoms with Gasteiger partial charge in [0, 0.05) is 26.7 Å². The molecular formula is C18H29N3O2S. The van der Waals surface area contributed by atoms with Crippen LogP contribution in [0.4, 0.5) is 0 Å². The number of likely N-dealkylation sites (N-methyl/N-ethyl adjacent to an activating group) is 1. The Morgan fingerprint density at radius 1 is 1.33 bits per heavy atom. The molecule has 1 saturated heterocycles. The molecule has 1 aromatic heterocycles. The van der Waals surface area contributed by atoms with E-state index in [4.69, 9.17) is 0 Å². The van der Waals surface area contributed by atoms with Crippen LogP contribution in [0.3, 0.4) is 0 Å². The molecule has 0 saturated carbocycles. The summed E-state index contributed by atoms with van der Waals surface area (Å²) in [6, 6.07) is 3.62. The second-order valence-electron chi connectivity index (χ2n) is 7.05. The maximum Gasteiger partial charge on any atom is 0.264 e. The average molecular weight is 352 g/mol. The van der Waals surface area contributed by atoms with Gasteiger partial charge < -0.3 is 15.1 Å². The fraction of sp³-hybridized carbons (Fsp3) is 0.667. The van der Waals surface area contributed by atoms with Gasteiger partial charge in [0.05, 0.1) is 11.4 Å². The Kier molecular flexibility index (Phi) is 7.24. The number of piperidine rings is 1. The van der Waals surface area contributed by atoms with Crippen LogP contribution in [0.15, 0.2) is 17.5 Å². The van der Waals surface area contributed by atoms with Crippen molar-refractivity contribution in [3.05, 3.63) is 22.4 Å². The van der Waals surface area contributed by atoms with Gasteiger partial charge in [0.15, 0.2) is 0 Å². The third-order valence-electron chi connectivity index (χ3n) is 4.38. The Bertz CT molecular complexity index is 522. The van der Waals surface area contributed by atoms with Crippen molar-refractivity contribution in [2.75, 3.05) is 39.8 Å². The van der Waals surface area contributed by atoms with Crippen LogP contribution < -0.4 is 5.32 Å². The van der Waals surface area contributed by atoms with Crippen LogP contribution >= 0.6 is 11.3 Å². The fourth-order valence-electron chi connectivity index (χ4n) is 3.44. The van der Waals surface area contributed by atoms with Crippen LogP contribution in [0.1, 0.15) is 36.4 Å². The molecule has 0 radical (unpaired) electrons. The first-order valence-electron chi connectivity index (χ1n) is 8.73. The molecule has 24 heavy (non-hydrogen) atoms. The minimum Gasteiger partial charge on any atom is -0.355 e. The van der Waals surface area contributed by atoms with E-state index in [2.05, 4.69) is 24.1 Å². The molecule has 6 heteroatoms. The highest BCUT2D eigenvalue weighted by atomic mass is 32.1. The maximum atomic E-state index is 12.1. The number of hydrogen-bond acceptors (Lipinski definition) is 4. The summed E-state index contributed by atoms with van der Waals surface area (Å²) in [5.41, 5.74) is 0. The number of amides is 2. The van der Waals surface area contributed by atoms with E-state index in [1.165, 1.54) is 22.7 Å². The number of carbonyl (C=O) groups excluding carboxylic acids is 2. The Hall–Kier alpha value is -1.40. The molecule has 134 valence electrons. The quantitative estimate of drug-likeness (QED) is 0.767. The summed E-state index contributed by atoms with van der Waals surface area (Å²) in [5, 5.41) is 4.78. The zero-order chi connectivity index (χ0) is 17.5. The lowest BCUT2D eigenvalue weighted by Crippen LogP contribution is -2.41. The monoisotopic (exact) mass is 351 g/mol. The van der Waals surface area contributed by atoms with E-state index >= 15 is 0 Å². The predicted molar refractivity (Wildman–Crippen MR) is 98.3 cm³/mol. The number of nitrogens with zero attached hydrogens (tertiary/aromatic N) is 2. The lowest BCUT2D eigenvalue weighted by atomic mass is 9.92. The van der Waals surface area contributed by atoms with Crippen LogP contribution in [0.5, 0.6) is 0 Å². The molecule has 5 nitrogen and oxygen atoms in total. The van der Waals surface area contributed by atoms with Crippen LogP contribution in [-0.2, 0) is 4.79 Å². The van der Waals surface area contributed by atoms with Gasteiger partial charge in [-0.2, -0.15) is 0 Å². The van der Waals surface area contributed by atoms with Crippen molar-refractivity contribution in [2.24, 2.45) is 11.8 Å². The molecule has 0 aromatic carbocycles. The highest BCUT2D eigenvalue weighted by Gasteiger charge is 2.21. The van der Waals surface area contributed by atoms with E-state index in [1.54, 1.807) is 13.1 Å². The lowest BCUT2D eigenvalue weighted by Gasteiger charge is -2.34. The molecule has 1 N–H and O–H groups in total. The number of likely N-dealkylation sites (tertiary alicyclic amines) is 1. The minimum atomic E-state index is -0.101. The molecule has 1 aliphatic rings. The molecule has 2 atom stereocenters. The Balaban J connectivity index is 1.62. The number of rotatable bonds is 7. The van der Waals surface area contributed by atoms with Gasteiger partial charge in [0.25, 0.3) is 5.91 Å². The zero-order valence-corrected chi connectivity index (χ0v) is 15.8. The van der Waals surface area contributed by atoms with Crippen molar-refractivity contribution in [2.45, 2.75) is 26.7 Å².